The quantitative estimate of drug-likeness (QED) is 0.326. The molecule has 0 N–H and O–H groups in total. The van der Waals surface area contributed by atoms with Crippen LogP contribution in [0.25, 0.3) is 11.1 Å². The summed E-state index contributed by atoms with van der Waals surface area (Å²) in [5.41, 5.74) is 6.68. The third-order valence-electron chi connectivity index (χ3n) is 6.65. The van der Waals surface area contributed by atoms with Crippen LogP contribution in [0, 0.1) is 0 Å². The van der Waals surface area contributed by atoms with Crippen LogP contribution in [0.3, 0.4) is 0 Å². The molecule has 1 aliphatic heterocycles. The summed E-state index contributed by atoms with van der Waals surface area (Å²) in [5, 5.41) is 0. The van der Waals surface area contributed by atoms with Gasteiger partial charge in [-0.15, -0.1) is 0 Å². The lowest BCUT2D eigenvalue weighted by atomic mass is 9.84. The molecule has 0 unspecified atom stereocenters. The van der Waals surface area contributed by atoms with Crippen molar-refractivity contribution in [2.24, 2.45) is 0 Å². The van der Waals surface area contributed by atoms with E-state index in [1.807, 2.05) is 0 Å². The minimum absolute atomic E-state index is 0.161. The van der Waals surface area contributed by atoms with Crippen LogP contribution in [0.1, 0.15) is 22.6 Å². The number of benzene rings is 4. The second-order valence-electron chi connectivity index (χ2n) is 8.87. The number of hydrogen-bond donors (Lipinski definition) is 0. The molecule has 1 heterocycles. The fourth-order valence-electron chi connectivity index (χ4n) is 4.96. The Balaban J connectivity index is 1.42. The predicted molar refractivity (Wildman–Crippen MR) is 136 cm³/mol. The predicted octanol–water partition coefficient (Wildman–Crippen LogP) is 6.58. The molecule has 4 aromatic carbocycles. The Morgan fingerprint density at radius 1 is 0.727 bits per heavy atom. The van der Waals surface area contributed by atoms with E-state index in [0.717, 1.165) is 32.7 Å². The highest BCUT2D eigenvalue weighted by Crippen LogP contribution is 2.33. The van der Waals surface area contributed by atoms with Gasteiger partial charge in [-0.25, -0.2) is 0 Å². The summed E-state index contributed by atoms with van der Waals surface area (Å²) < 4.78 is 6.44. The van der Waals surface area contributed by atoms with Crippen molar-refractivity contribution in [1.82, 2.24) is 4.90 Å². The molecule has 0 spiro atoms. The van der Waals surface area contributed by atoms with Gasteiger partial charge in [0.2, 0.25) is 0 Å². The SMILES string of the molecule is c1ccc(CN2CCO[C@H]([C@@H](Cc3ccccc3-c3ccccc3)c3ccccc3)C2)cc1. The molecule has 1 fully saturated rings. The molecule has 1 saturated heterocycles. The molecule has 2 nitrogen and oxygen atoms in total. The Morgan fingerprint density at radius 3 is 2.12 bits per heavy atom. The third-order valence-corrected chi connectivity index (χ3v) is 6.65. The van der Waals surface area contributed by atoms with E-state index in [0.29, 0.717) is 5.92 Å². The lowest BCUT2D eigenvalue weighted by Crippen LogP contribution is -2.45. The van der Waals surface area contributed by atoms with Gasteiger partial charge in [0, 0.05) is 25.6 Å². The summed E-state index contributed by atoms with van der Waals surface area (Å²) in [5.74, 6) is 0.301. The van der Waals surface area contributed by atoms with Gasteiger partial charge >= 0.3 is 0 Å². The van der Waals surface area contributed by atoms with Crippen LogP contribution in [0.5, 0.6) is 0 Å². The van der Waals surface area contributed by atoms with Crippen LogP contribution >= 0.6 is 0 Å². The minimum Gasteiger partial charge on any atom is -0.375 e. The maximum atomic E-state index is 6.44. The standard InChI is InChI=1S/C31H31NO/c1-4-12-25(13-5-1)23-32-20-21-33-31(24-32)30(27-16-8-3-9-17-27)22-28-18-10-11-19-29(28)26-14-6-2-7-15-26/h1-19,30-31H,20-24H2/t30-,31-/m0/s1. The molecule has 5 rings (SSSR count). The van der Waals surface area contributed by atoms with Crippen LogP contribution in [-0.4, -0.2) is 30.7 Å². The monoisotopic (exact) mass is 433 g/mol. The van der Waals surface area contributed by atoms with E-state index in [2.05, 4.69) is 120 Å². The number of morpholine rings is 1. The molecule has 2 atom stereocenters. The molecule has 0 aliphatic carbocycles. The highest BCUT2D eigenvalue weighted by Gasteiger charge is 2.30. The maximum absolute atomic E-state index is 6.44. The lowest BCUT2D eigenvalue weighted by molar-refractivity contribution is -0.0444. The molecule has 33 heavy (non-hydrogen) atoms. The van der Waals surface area contributed by atoms with Gasteiger partial charge in [0.05, 0.1) is 12.7 Å². The molecule has 0 aromatic heterocycles. The first kappa shape index (κ1) is 21.6. The van der Waals surface area contributed by atoms with Crippen LogP contribution in [0.4, 0.5) is 0 Å². The first-order chi connectivity index (χ1) is 16.4. The van der Waals surface area contributed by atoms with E-state index in [-0.39, 0.29) is 6.10 Å². The Kier molecular flexibility index (Phi) is 6.96. The van der Waals surface area contributed by atoms with Crippen molar-refractivity contribution in [3.05, 3.63) is 132 Å². The summed E-state index contributed by atoms with van der Waals surface area (Å²) in [6.07, 6.45) is 1.12. The van der Waals surface area contributed by atoms with Crippen molar-refractivity contribution in [2.45, 2.75) is 25.0 Å². The van der Waals surface area contributed by atoms with Gasteiger partial charge in [-0.1, -0.05) is 115 Å². The van der Waals surface area contributed by atoms with Gasteiger partial charge in [0.1, 0.15) is 0 Å². The largest absolute Gasteiger partial charge is 0.375 e. The molecular formula is C31H31NO. The van der Waals surface area contributed by atoms with Crippen LogP contribution < -0.4 is 0 Å². The van der Waals surface area contributed by atoms with Crippen molar-refractivity contribution >= 4 is 0 Å². The van der Waals surface area contributed by atoms with Crippen molar-refractivity contribution in [3.8, 4) is 11.1 Å². The first-order valence-electron chi connectivity index (χ1n) is 11.9. The van der Waals surface area contributed by atoms with Crippen molar-refractivity contribution in [2.75, 3.05) is 19.7 Å². The average Bonchev–Trinajstić information content (AvgIpc) is 2.89. The Labute approximate surface area is 197 Å². The zero-order chi connectivity index (χ0) is 22.3. The normalized spacial score (nSPS) is 17.5. The molecule has 4 aromatic rings. The number of hydrogen-bond acceptors (Lipinski definition) is 2. The Morgan fingerprint density at radius 2 is 1.36 bits per heavy atom. The topological polar surface area (TPSA) is 12.5 Å². The van der Waals surface area contributed by atoms with Crippen molar-refractivity contribution in [1.29, 1.82) is 0 Å². The van der Waals surface area contributed by atoms with Gasteiger partial charge in [0.15, 0.2) is 0 Å². The van der Waals surface area contributed by atoms with E-state index >= 15 is 0 Å². The van der Waals surface area contributed by atoms with Gasteiger partial charge in [0.25, 0.3) is 0 Å². The fourth-order valence-corrected chi connectivity index (χ4v) is 4.96. The van der Waals surface area contributed by atoms with E-state index in [1.54, 1.807) is 0 Å². The molecule has 166 valence electrons. The zero-order valence-electron chi connectivity index (χ0n) is 19.0. The third kappa shape index (κ3) is 5.42. The van der Waals surface area contributed by atoms with Gasteiger partial charge < -0.3 is 4.74 Å². The van der Waals surface area contributed by atoms with Crippen molar-refractivity contribution in [3.63, 3.8) is 0 Å². The van der Waals surface area contributed by atoms with Crippen molar-refractivity contribution < 1.29 is 4.74 Å². The second-order valence-corrected chi connectivity index (χ2v) is 8.87. The molecule has 0 radical (unpaired) electrons. The summed E-state index contributed by atoms with van der Waals surface area (Å²) >= 11 is 0. The highest BCUT2D eigenvalue weighted by molar-refractivity contribution is 5.67. The minimum atomic E-state index is 0.161. The van der Waals surface area contributed by atoms with E-state index in [4.69, 9.17) is 4.74 Å². The zero-order valence-corrected chi connectivity index (χ0v) is 19.0. The summed E-state index contributed by atoms with van der Waals surface area (Å²) in [4.78, 5) is 2.54. The average molecular weight is 434 g/mol. The molecule has 0 saturated carbocycles. The molecular weight excluding hydrogens is 402 g/mol. The molecule has 0 amide bonds. The summed E-state index contributed by atoms with van der Waals surface area (Å²) in [6, 6.07) is 41.2. The summed E-state index contributed by atoms with van der Waals surface area (Å²) in [6.45, 7) is 3.68. The Bertz CT molecular complexity index is 1130. The molecule has 1 aliphatic rings. The lowest BCUT2D eigenvalue weighted by Gasteiger charge is -2.37. The van der Waals surface area contributed by atoms with E-state index < -0.39 is 0 Å². The number of nitrogens with zero attached hydrogens (tertiary/aromatic N) is 1. The second kappa shape index (κ2) is 10.6. The van der Waals surface area contributed by atoms with E-state index in [9.17, 15) is 0 Å². The molecule has 2 heteroatoms. The maximum Gasteiger partial charge on any atom is 0.0774 e. The van der Waals surface area contributed by atoms with Gasteiger partial charge in [-0.05, 0) is 34.2 Å². The smallest absolute Gasteiger partial charge is 0.0774 e. The number of ether oxygens (including phenoxy) is 1. The van der Waals surface area contributed by atoms with Crippen LogP contribution in [0.2, 0.25) is 0 Å². The highest BCUT2D eigenvalue weighted by atomic mass is 16.5. The van der Waals surface area contributed by atoms with Gasteiger partial charge in [-0.3, -0.25) is 4.90 Å². The first-order valence-corrected chi connectivity index (χ1v) is 11.9. The summed E-state index contributed by atoms with van der Waals surface area (Å²) in [7, 11) is 0. The fraction of sp³-hybridized carbons (Fsp3) is 0.226. The number of rotatable bonds is 7. The van der Waals surface area contributed by atoms with E-state index in [1.165, 1.54) is 27.8 Å². The van der Waals surface area contributed by atoms with Crippen LogP contribution in [0.15, 0.2) is 115 Å². The van der Waals surface area contributed by atoms with Crippen LogP contribution in [-0.2, 0) is 17.7 Å². The molecule has 0 bridgehead atoms. The van der Waals surface area contributed by atoms with Gasteiger partial charge in [-0.2, -0.15) is 0 Å². The Hall–Kier alpha value is -3.20.